The molecule has 21 heavy (non-hydrogen) atoms. The van der Waals surface area contributed by atoms with Crippen molar-refractivity contribution in [1.82, 2.24) is 14.4 Å². The Labute approximate surface area is 139 Å². The number of rotatable bonds is 0. The minimum Gasteiger partial charge on any atom is -0.289 e. The minimum absolute atomic E-state index is 0.551. The van der Waals surface area contributed by atoms with Gasteiger partial charge in [0.2, 0.25) is 0 Å². The van der Waals surface area contributed by atoms with Crippen molar-refractivity contribution in [2.75, 3.05) is 0 Å². The summed E-state index contributed by atoms with van der Waals surface area (Å²) in [7, 11) is 0. The monoisotopic (exact) mass is 393 g/mol. The average Bonchev–Trinajstić information content (AvgIpc) is 2.93. The first-order valence-electron chi connectivity index (χ1n) is 7.83. The van der Waals surface area contributed by atoms with Crippen LogP contribution in [0.1, 0.15) is 57.1 Å². The van der Waals surface area contributed by atoms with E-state index in [4.69, 9.17) is 0 Å². The quantitative estimate of drug-likeness (QED) is 0.490. The van der Waals surface area contributed by atoms with Crippen molar-refractivity contribution in [1.29, 1.82) is 0 Å². The lowest BCUT2D eigenvalue weighted by Crippen LogP contribution is -1.97. The highest BCUT2D eigenvalue weighted by Gasteiger charge is 2.08. The van der Waals surface area contributed by atoms with E-state index in [-0.39, 0.29) is 0 Å². The molecule has 0 aliphatic heterocycles. The molecule has 0 unspecified atom stereocenters. The third-order valence-corrected chi connectivity index (χ3v) is 4.68. The molecule has 2 aromatic rings. The number of hydrogen-bond donors (Lipinski definition) is 0. The van der Waals surface area contributed by atoms with Gasteiger partial charge in [-0.3, -0.25) is 4.40 Å². The van der Waals surface area contributed by atoms with Gasteiger partial charge in [0.05, 0.1) is 12.4 Å². The zero-order valence-electron chi connectivity index (χ0n) is 12.2. The molecule has 2 heterocycles. The number of imidazole rings is 1. The van der Waals surface area contributed by atoms with E-state index >= 15 is 0 Å². The molecule has 0 bridgehead atoms. The van der Waals surface area contributed by atoms with Gasteiger partial charge in [-0.1, -0.05) is 44.4 Å². The Bertz CT molecular complexity index is 655. The summed E-state index contributed by atoms with van der Waals surface area (Å²) in [6.07, 6.45) is 16.4. The lowest BCUT2D eigenvalue weighted by atomic mass is 9.97. The van der Waals surface area contributed by atoms with Crippen LogP contribution in [0.4, 0.5) is 0 Å². The molecular weight excluding hydrogens is 373 g/mol. The fourth-order valence-electron chi connectivity index (χ4n) is 2.91. The van der Waals surface area contributed by atoms with Crippen LogP contribution < -0.4 is 0 Å². The summed E-state index contributed by atoms with van der Waals surface area (Å²) in [5.41, 5.74) is 1.85. The van der Waals surface area contributed by atoms with E-state index in [2.05, 4.69) is 44.4 Å². The second-order valence-electron chi connectivity index (χ2n) is 5.75. The molecule has 1 aliphatic carbocycles. The lowest BCUT2D eigenvalue weighted by Gasteiger charge is -2.07. The Kier molecular flexibility index (Phi) is 5.13. The van der Waals surface area contributed by atoms with Gasteiger partial charge in [-0.2, -0.15) is 0 Å². The Morgan fingerprint density at radius 3 is 2.48 bits per heavy atom. The second-order valence-corrected chi connectivity index (χ2v) is 6.85. The van der Waals surface area contributed by atoms with Gasteiger partial charge in [-0.15, -0.1) is 0 Å². The molecule has 0 amide bonds. The van der Waals surface area contributed by atoms with Crippen molar-refractivity contribution in [2.24, 2.45) is 5.92 Å². The number of aromatic nitrogens is 3. The summed E-state index contributed by atoms with van der Waals surface area (Å²) >= 11 is 2.22. The Morgan fingerprint density at radius 2 is 1.71 bits per heavy atom. The number of fused-ring (bicyclic) bond motifs is 1. The van der Waals surface area contributed by atoms with Crippen LogP contribution in [0, 0.1) is 21.5 Å². The molecule has 110 valence electrons. The molecule has 1 saturated carbocycles. The number of nitrogens with zero attached hydrogens (tertiary/aromatic N) is 3. The van der Waals surface area contributed by atoms with Gasteiger partial charge < -0.3 is 0 Å². The molecule has 0 spiro atoms. The molecule has 0 radical (unpaired) electrons. The van der Waals surface area contributed by atoms with Gasteiger partial charge in [0.15, 0.2) is 5.65 Å². The molecule has 2 aromatic heterocycles. The maximum absolute atomic E-state index is 4.37. The maximum Gasteiger partial charge on any atom is 0.156 e. The van der Waals surface area contributed by atoms with E-state index in [0.29, 0.717) is 5.92 Å². The van der Waals surface area contributed by atoms with Crippen molar-refractivity contribution in [3.63, 3.8) is 0 Å². The van der Waals surface area contributed by atoms with Crippen LogP contribution in [-0.2, 0) is 0 Å². The first-order valence-corrected chi connectivity index (χ1v) is 8.91. The van der Waals surface area contributed by atoms with Crippen molar-refractivity contribution in [2.45, 2.75) is 51.4 Å². The van der Waals surface area contributed by atoms with Crippen molar-refractivity contribution >= 4 is 28.2 Å². The average molecular weight is 393 g/mol. The maximum atomic E-state index is 4.37. The molecule has 1 aliphatic rings. The highest BCUT2D eigenvalue weighted by molar-refractivity contribution is 14.1. The summed E-state index contributed by atoms with van der Waals surface area (Å²) in [5.74, 6) is 7.40. The fourth-order valence-corrected chi connectivity index (χ4v) is 3.33. The minimum atomic E-state index is 0.551. The second kappa shape index (κ2) is 7.26. The molecule has 3 rings (SSSR count). The van der Waals surface area contributed by atoms with Gasteiger partial charge in [-0.25, -0.2) is 9.97 Å². The van der Waals surface area contributed by atoms with E-state index < -0.39 is 0 Å². The van der Waals surface area contributed by atoms with E-state index in [9.17, 15) is 0 Å². The zero-order chi connectivity index (χ0) is 14.5. The van der Waals surface area contributed by atoms with Gasteiger partial charge in [0.25, 0.3) is 0 Å². The summed E-state index contributed by atoms with van der Waals surface area (Å²) < 4.78 is 3.00. The van der Waals surface area contributed by atoms with E-state index in [0.717, 1.165) is 15.0 Å². The first-order chi connectivity index (χ1) is 10.3. The Hall–Kier alpha value is -1.09. The number of halogens is 1. The summed E-state index contributed by atoms with van der Waals surface area (Å²) in [4.78, 5) is 8.63. The van der Waals surface area contributed by atoms with Crippen LogP contribution in [0.5, 0.6) is 0 Å². The van der Waals surface area contributed by atoms with Gasteiger partial charge >= 0.3 is 0 Å². The highest BCUT2D eigenvalue weighted by Crippen LogP contribution is 2.21. The van der Waals surface area contributed by atoms with Crippen molar-refractivity contribution in [3.05, 3.63) is 28.0 Å². The molecule has 0 aromatic carbocycles. The third kappa shape index (κ3) is 3.97. The SMILES string of the molecule is Ic1cn2c(C#CC3CCCCCCCC3)cnc2cn1. The van der Waals surface area contributed by atoms with E-state index in [1.54, 1.807) is 6.20 Å². The van der Waals surface area contributed by atoms with Crippen LogP contribution in [0.15, 0.2) is 18.6 Å². The number of hydrogen-bond acceptors (Lipinski definition) is 2. The van der Waals surface area contributed by atoms with Crippen LogP contribution in [-0.4, -0.2) is 14.4 Å². The predicted octanol–water partition coefficient (Wildman–Crippen LogP) is 4.44. The Balaban J connectivity index is 1.79. The molecule has 4 heteroatoms. The smallest absolute Gasteiger partial charge is 0.156 e. The Morgan fingerprint density at radius 1 is 1.00 bits per heavy atom. The van der Waals surface area contributed by atoms with E-state index in [1.807, 2.05) is 16.8 Å². The molecule has 3 nitrogen and oxygen atoms in total. The largest absolute Gasteiger partial charge is 0.289 e. The van der Waals surface area contributed by atoms with Crippen LogP contribution >= 0.6 is 22.6 Å². The normalized spacial score (nSPS) is 17.6. The van der Waals surface area contributed by atoms with Crippen LogP contribution in [0.3, 0.4) is 0 Å². The first kappa shape index (κ1) is 14.8. The summed E-state index contributed by atoms with van der Waals surface area (Å²) in [6, 6.07) is 0. The van der Waals surface area contributed by atoms with Gasteiger partial charge in [0.1, 0.15) is 9.39 Å². The van der Waals surface area contributed by atoms with E-state index in [1.165, 1.54) is 51.4 Å². The molecule has 0 N–H and O–H groups in total. The van der Waals surface area contributed by atoms with Crippen LogP contribution in [0.2, 0.25) is 0 Å². The molecule has 0 saturated heterocycles. The topological polar surface area (TPSA) is 30.2 Å². The standard InChI is InChI=1S/C17H20IN3/c18-16-13-21-15(11-20-17(21)12-19-16)10-9-14-7-5-3-1-2-4-6-8-14/h11-14H,1-8H2. The molecular formula is C17H20IN3. The molecule has 1 fully saturated rings. The van der Waals surface area contributed by atoms with Gasteiger partial charge in [0, 0.05) is 12.1 Å². The van der Waals surface area contributed by atoms with Crippen LogP contribution in [0.25, 0.3) is 5.65 Å². The lowest BCUT2D eigenvalue weighted by molar-refractivity contribution is 0.525. The van der Waals surface area contributed by atoms with Gasteiger partial charge in [-0.05, 0) is 41.4 Å². The summed E-state index contributed by atoms with van der Waals surface area (Å²) in [6.45, 7) is 0. The van der Waals surface area contributed by atoms with Crippen molar-refractivity contribution < 1.29 is 0 Å². The fraction of sp³-hybridized carbons (Fsp3) is 0.529. The summed E-state index contributed by atoms with van der Waals surface area (Å²) in [5, 5.41) is 0. The predicted molar refractivity (Wildman–Crippen MR) is 93.0 cm³/mol. The third-order valence-electron chi connectivity index (χ3n) is 4.12. The molecule has 0 atom stereocenters. The highest BCUT2D eigenvalue weighted by atomic mass is 127. The van der Waals surface area contributed by atoms with Crippen molar-refractivity contribution in [3.8, 4) is 11.8 Å². The zero-order valence-corrected chi connectivity index (χ0v) is 14.3.